The lowest BCUT2D eigenvalue weighted by Gasteiger charge is -2.27. The highest BCUT2D eigenvalue weighted by Gasteiger charge is 2.32. The summed E-state index contributed by atoms with van der Waals surface area (Å²) in [5, 5.41) is 13.0. The van der Waals surface area contributed by atoms with Crippen molar-refractivity contribution in [1.82, 2.24) is 10.2 Å². The minimum Gasteiger partial charge on any atom is -0.387 e. The van der Waals surface area contributed by atoms with Crippen LogP contribution >= 0.6 is 0 Å². The minimum atomic E-state index is -0.709. The number of hydrogen-bond acceptors (Lipinski definition) is 3. The molecule has 0 aromatic rings. The van der Waals surface area contributed by atoms with E-state index in [-0.39, 0.29) is 5.91 Å². The molecule has 1 rings (SSSR count). The second-order valence-corrected chi connectivity index (χ2v) is 3.75. The summed E-state index contributed by atoms with van der Waals surface area (Å²) >= 11 is 0. The molecule has 0 aromatic carbocycles. The van der Waals surface area contributed by atoms with Crippen molar-refractivity contribution in [3.63, 3.8) is 0 Å². The smallest absolute Gasteiger partial charge is 0.222 e. The van der Waals surface area contributed by atoms with Crippen LogP contribution < -0.4 is 5.32 Å². The molecule has 4 heteroatoms. The van der Waals surface area contributed by atoms with E-state index in [9.17, 15) is 9.90 Å². The first-order chi connectivity index (χ1) is 6.07. The molecule has 1 fully saturated rings. The van der Waals surface area contributed by atoms with Gasteiger partial charge in [0.05, 0.1) is 12.1 Å². The van der Waals surface area contributed by atoms with Gasteiger partial charge in [-0.1, -0.05) is 6.92 Å². The number of β-amino-alcohol motifs (C(OH)–C–C–N with tert-alkyl or cyclic N) is 1. The molecule has 0 bridgehead atoms. The number of amides is 1. The van der Waals surface area contributed by atoms with Crippen molar-refractivity contribution >= 4 is 5.91 Å². The Morgan fingerprint density at radius 3 is 2.85 bits per heavy atom. The molecule has 1 heterocycles. The van der Waals surface area contributed by atoms with Crippen molar-refractivity contribution < 1.29 is 9.90 Å². The summed E-state index contributed by atoms with van der Waals surface area (Å²) in [7, 11) is 1.74. The molecule has 1 aliphatic heterocycles. The molecule has 4 nitrogen and oxygen atoms in total. The maximum atomic E-state index is 11.2. The van der Waals surface area contributed by atoms with Gasteiger partial charge in [-0.25, -0.2) is 0 Å². The Labute approximate surface area is 78.9 Å². The second-order valence-electron chi connectivity index (χ2n) is 3.75. The molecule has 1 unspecified atom stereocenters. The van der Waals surface area contributed by atoms with E-state index >= 15 is 0 Å². The fraction of sp³-hybridized carbons (Fsp3) is 0.889. The SMILES string of the molecule is CCC(=O)N(C)CC1(O)CCNC1. The number of nitrogens with zero attached hydrogens (tertiary/aromatic N) is 1. The van der Waals surface area contributed by atoms with Crippen molar-refractivity contribution in [3.8, 4) is 0 Å². The Morgan fingerprint density at radius 1 is 1.69 bits per heavy atom. The molecule has 2 N–H and O–H groups in total. The second kappa shape index (κ2) is 4.07. The summed E-state index contributed by atoms with van der Waals surface area (Å²) < 4.78 is 0. The molecule has 0 saturated carbocycles. The molecular weight excluding hydrogens is 168 g/mol. The van der Waals surface area contributed by atoms with Gasteiger partial charge < -0.3 is 15.3 Å². The molecule has 0 spiro atoms. The van der Waals surface area contributed by atoms with Crippen LogP contribution in [0, 0.1) is 0 Å². The summed E-state index contributed by atoms with van der Waals surface area (Å²) in [6.45, 7) is 3.70. The predicted octanol–water partition coefficient (Wildman–Crippen LogP) is -0.421. The van der Waals surface area contributed by atoms with Crippen LogP contribution in [0.5, 0.6) is 0 Å². The average Bonchev–Trinajstić information content (AvgIpc) is 2.50. The van der Waals surface area contributed by atoms with Gasteiger partial charge in [-0.3, -0.25) is 4.79 Å². The van der Waals surface area contributed by atoms with E-state index in [1.807, 2.05) is 6.92 Å². The Kier molecular flexibility index (Phi) is 3.27. The van der Waals surface area contributed by atoms with Crippen LogP contribution in [-0.4, -0.2) is 48.2 Å². The number of hydrogen-bond donors (Lipinski definition) is 2. The number of rotatable bonds is 3. The molecule has 0 radical (unpaired) electrons. The van der Waals surface area contributed by atoms with E-state index in [0.717, 1.165) is 13.0 Å². The fourth-order valence-electron chi connectivity index (χ4n) is 1.67. The van der Waals surface area contributed by atoms with Crippen LogP contribution in [0.1, 0.15) is 19.8 Å². The molecule has 0 aliphatic carbocycles. The van der Waals surface area contributed by atoms with E-state index in [1.54, 1.807) is 11.9 Å². The zero-order valence-corrected chi connectivity index (χ0v) is 8.34. The van der Waals surface area contributed by atoms with Gasteiger partial charge in [-0.15, -0.1) is 0 Å². The van der Waals surface area contributed by atoms with E-state index in [0.29, 0.717) is 19.5 Å². The van der Waals surface area contributed by atoms with Gasteiger partial charge in [0, 0.05) is 20.0 Å². The number of carbonyl (C=O) groups is 1. The van der Waals surface area contributed by atoms with Gasteiger partial charge in [0.15, 0.2) is 0 Å². The molecule has 1 amide bonds. The molecule has 1 aliphatic rings. The first kappa shape index (κ1) is 10.5. The Morgan fingerprint density at radius 2 is 2.38 bits per heavy atom. The van der Waals surface area contributed by atoms with Gasteiger partial charge >= 0.3 is 0 Å². The van der Waals surface area contributed by atoms with Gasteiger partial charge in [0.25, 0.3) is 0 Å². The summed E-state index contributed by atoms with van der Waals surface area (Å²) in [6, 6.07) is 0. The van der Waals surface area contributed by atoms with Gasteiger partial charge in [0.2, 0.25) is 5.91 Å². The normalized spacial score (nSPS) is 27.6. The number of nitrogens with one attached hydrogen (secondary N) is 1. The van der Waals surface area contributed by atoms with Crippen LogP contribution in [0.2, 0.25) is 0 Å². The zero-order chi connectivity index (χ0) is 9.90. The monoisotopic (exact) mass is 186 g/mol. The topological polar surface area (TPSA) is 52.6 Å². The largest absolute Gasteiger partial charge is 0.387 e. The lowest BCUT2D eigenvalue weighted by Crippen LogP contribution is -2.45. The predicted molar refractivity (Wildman–Crippen MR) is 50.4 cm³/mol. The van der Waals surface area contributed by atoms with Crippen molar-refractivity contribution in [2.24, 2.45) is 0 Å². The molecular formula is C9H18N2O2. The molecule has 76 valence electrons. The quantitative estimate of drug-likeness (QED) is 0.629. The maximum absolute atomic E-state index is 11.2. The highest BCUT2D eigenvalue weighted by atomic mass is 16.3. The van der Waals surface area contributed by atoms with Crippen molar-refractivity contribution in [2.75, 3.05) is 26.7 Å². The van der Waals surface area contributed by atoms with Gasteiger partial charge in [0.1, 0.15) is 0 Å². The summed E-state index contributed by atoms with van der Waals surface area (Å²) in [5.74, 6) is 0.0836. The zero-order valence-electron chi connectivity index (χ0n) is 8.34. The van der Waals surface area contributed by atoms with E-state index in [4.69, 9.17) is 0 Å². The Bertz CT molecular complexity index is 188. The number of likely N-dealkylation sites (N-methyl/N-ethyl adjacent to an activating group) is 1. The number of carbonyl (C=O) groups excluding carboxylic acids is 1. The average molecular weight is 186 g/mol. The Balaban J connectivity index is 2.42. The highest BCUT2D eigenvalue weighted by molar-refractivity contribution is 5.75. The lowest BCUT2D eigenvalue weighted by molar-refractivity contribution is -0.132. The van der Waals surface area contributed by atoms with Crippen LogP contribution in [0.3, 0.4) is 0 Å². The van der Waals surface area contributed by atoms with Crippen molar-refractivity contribution in [1.29, 1.82) is 0 Å². The minimum absolute atomic E-state index is 0.0836. The first-order valence-electron chi connectivity index (χ1n) is 4.74. The van der Waals surface area contributed by atoms with Crippen molar-refractivity contribution in [3.05, 3.63) is 0 Å². The summed E-state index contributed by atoms with van der Waals surface area (Å²) in [4.78, 5) is 12.8. The van der Waals surface area contributed by atoms with Crippen LogP contribution in [0.25, 0.3) is 0 Å². The lowest BCUT2D eigenvalue weighted by atomic mass is 10.0. The third kappa shape index (κ3) is 2.67. The highest BCUT2D eigenvalue weighted by Crippen LogP contribution is 2.15. The summed E-state index contributed by atoms with van der Waals surface area (Å²) in [5.41, 5.74) is -0.709. The van der Waals surface area contributed by atoms with E-state index in [1.165, 1.54) is 0 Å². The molecule has 0 aromatic heterocycles. The number of aliphatic hydroxyl groups is 1. The van der Waals surface area contributed by atoms with E-state index in [2.05, 4.69) is 5.32 Å². The van der Waals surface area contributed by atoms with Crippen molar-refractivity contribution in [2.45, 2.75) is 25.4 Å². The standard InChI is InChI=1S/C9H18N2O2/c1-3-8(12)11(2)7-9(13)4-5-10-6-9/h10,13H,3-7H2,1-2H3. The van der Waals surface area contributed by atoms with Gasteiger partial charge in [-0.05, 0) is 13.0 Å². The molecule has 1 saturated heterocycles. The molecule has 13 heavy (non-hydrogen) atoms. The molecule has 1 atom stereocenters. The van der Waals surface area contributed by atoms with Gasteiger partial charge in [-0.2, -0.15) is 0 Å². The fourth-order valence-corrected chi connectivity index (χ4v) is 1.67. The maximum Gasteiger partial charge on any atom is 0.222 e. The third-order valence-electron chi connectivity index (χ3n) is 2.48. The first-order valence-corrected chi connectivity index (χ1v) is 4.74. The van der Waals surface area contributed by atoms with E-state index < -0.39 is 5.60 Å². The Hall–Kier alpha value is -0.610. The van der Waals surface area contributed by atoms with Crippen LogP contribution in [-0.2, 0) is 4.79 Å². The third-order valence-corrected chi connectivity index (χ3v) is 2.48. The van der Waals surface area contributed by atoms with Crippen LogP contribution in [0.15, 0.2) is 0 Å². The summed E-state index contributed by atoms with van der Waals surface area (Å²) in [6.07, 6.45) is 1.23. The van der Waals surface area contributed by atoms with Crippen LogP contribution in [0.4, 0.5) is 0 Å².